The van der Waals surface area contributed by atoms with Crippen LogP contribution >= 0.6 is 0 Å². The molecule has 32 heavy (non-hydrogen) atoms. The fourth-order valence-electron chi connectivity index (χ4n) is 3.03. The van der Waals surface area contributed by atoms with Crippen LogP contribution in [0.3, 0.4) is 0 Å². The van der Waals surface area contributed by atoms with E-state index in [4.69, 9.17) is 14.2 Å². The topological polar surface area (TPSA) is 107 Å². The van der Waals surface area contributed by atoms with E-state index < -0.39 is 23.7 Å². The Kier molecular flexibility index (Phi) is 7.64. The molecule has 3 rings (SSSR count). The Balaban J connectivity index is 1.66. The number of carbonyl (C=O) groups is 2. The molecule has 2 aromatic carbocycles. The molecule has 1 heterocycles. The van der Waals surface area contributed by atoms with E-state index in [-0.39, 0.29) is 17.9 Å². The third-order valence-electron chi connectivity index (χ3n) is 4.72. The molecule has 8 nitrogen and oxygen atoms in total. The van der Waals surface area contributed by atoms with Crippen molar-refractivity contribution in [3.8, 4) is 17.2 Å². The second-order valence-corrected chi connectivity index (χ2v) is 6.88. The number of benzene rings is 2. The molecule has 0 bridgehead atoms. The van der Waals surface area contributed by atoms with Gasteiger partial charge in [-0.3, -0.25) is 4.79 Å². The number of methoxy groups -OCH3 is 2. The van der Waals surface area contributed by atoms with Gasteiger partial charge in [-0.1, -0.05) is 42.5 Å². The number of nitrogens with zero attached hydrogens (tertiary/aromatic N) is 1. The highest BCUT2D eigenvalue weighted by Gasteiger charge is 2.25. The Bertz CT molecular complexity index is 1050. The minimum atomic E-state index is -0.976. The summed E-state index contributed by atoms with van der Waals surface area (Å²) in [4.78, 5) is 28.7. The molecule has 0 aliphatic heterocycles. The molecule has 0 spiro atoms. The summed E-state index contributed by atoms with van der Waals surface area (Å²) in [6, 6.07) is 17.5. The van der Waals surface area contributed by atoms with Crippen LogP contribution in [0.5, 0.6) is 17.2 Å². The molecule has 0 saturated carbocycles. The first-order valence-corrected chi connectivity index (χ1v) is 9.88. The Hall–Kier alpha value is -4.07. The van der Waals surface area contributed by atoms with E-state index in [1.54, 1.807) is 12.1 Å². The van der Waals surface area contributed by atoms with E-state index in [0.717, 1.165) is 11.1 Å². The van der Waals surface area contributed by atoms with Crippen LogP contribution in [0.4, 0.5) is 0 Å². The predicted molar refractivity (Wildman–Crippen MR) is 117 cm³/mol. The highest BCUT2D eigenvalue weighted by Crippen LogP contribution is 2.27. The molecule has 0 fully saturated rings. The third-order valence-corrected chi connectivity index (χ3v) is 4.72. The van der Waals surface area contributed by atoms with Crippen molar-refractivity contribution >= 4 is 11.9 Å². The number of nitrogens with one attached hydrogen (secondary N) is 1. The zero-order valence-corrected chi connectivity index (χ0v) is 17.8. The summed E-state index contributed by atoms with van der Waals surface area (Å²) in [6.07, 6.45) is 1.51. The molecule has 0 saturated heterocycles. The highest BCUT2D eigenvalue weighted by atomic mass is 16.5. The zero-order chi connectivity index (χ0) is 22.9. The summed E-state index contributed by atoms with van der Waals surface area (Å²) in [7, 11) is 2.60. The van der Waals surface area contributed by atoms with Crippen molar-refractivity contribution in [2.45, 2.75) is 19.1 Å². The van der Waals surface area contributed by atoms with Crippen molar-refractivity contribution in [2.75, 3.05) is 14.2 Å². The number of aromatic nitrogens is 1. The molecule has 0 unspecified atom stereocenters. The van der Waals surface area contributed by atoms with Crippen LogP contribution in [0.2, 0.25) is 0 Å². The van der Waals surface area contributed by atoms with Gasteiger partial charge in [-0.15, -0.1) is 0 Å². The molecule has 1 aromatic heterocycles. The minimum Gasteiger partial charge on any atom is -0.503 e. The Morgan fingerprint density at radius 3 is 2.38 bits per heavy atom. The monoisotopic (exact) mass is 436 g/mol. The Morgan fingerprint density at radius 1 is 1.00 bits per heavy atom. The lowest BCUT2D eigenvalue weighted by Crippen LogP contribution is -2.43. The van der Waals surface area contributed by atoms with Crippen LogP contribution in [0.25, 0.3) is 0 Å². The Morgan fingerprint density at radius 2 is 1.72 bits per heavy atom. The van der Waals surface area contributed by atoms with E-state index in [0.29, 0.717) is 12.4 Å². The van der Waals surface area contributed by atoms with Crippen LogP contribution in [0.1, 0.15) is 21.6 Å². The number of amides is 1. The maximum absolute atomic E-state index is 12.6. The number of aromatic hydroxyl groups is 1. The molecule has 3 aromatic rings. The van der Waals surface area contributed by atoms with Gasteiger partial charge in [0.15, 0.2) is 17.2 Å². The summed E-state index contributed by atoms with van der Waals surface area (Å²) in [6.45, 7) is 0.443. The van der Waals surface area contributed by atoms with Crippen molar-refractivity contribution in [1.82, 2.24) is 10.3 Å². The number of ether oxygens (including phenoxy) is 3. The number of esters is 1. The van der Waals surface area contributed by atoms with Crippen molar-refractivity contribution in [3.63, 3.8) is 0 Å². The quantitative estimate of drug-likeness (QED) is 0.497. The van der Waals surface area contributed by atoms with E-state index in [2.05, 4.69) is 10.3 Å². The zero-order valence-electron chi connectivity index (χ0n) is 17.8. The van der Waals surface area contributed by atoms with Gasteiger partial charge in [0.1, 0.15) is 18.4 Å². The fourth-order valence-corrected chi connectivity index (χ4v) is 3.03. The van der Waals surface area contributed by atoms with Gasteiger partial charge in [0, 0.05) is 18.7 Å². The van der Waals surface area contributed by atoms with Crippen LogP contribution < -0.4 is 14.8 Å². The third kappa shape index (κ3) is 5.75. The van der Waals surface area contributed by atoms with Gasteiger partial charge in [0.2, 0.25) is 0 Å². The first kappa shape index (κ1) is 22.6. The summed E-state index contributed by atoms with van der Waals surface area (Å²) >= 11 is 0. The first-order valence-electron chi connectivity index (χ1n) is 9.88. The average Bonchev–Trinajstić information content (AvgIpc) is 2.83. The largest absolute Gasteiger partial charge is 0.503 e. The van der Waals surface area contributed by atoms with E-state index in [1.807, 2.05) is 42.5 Å². The molecule has 1 amide bonds. The SMILES string of the molecule is COC(=O)[C@@H](Cc1ccc(OCc2ccccc2)cc1)NC(=O)c1nccc(OC)c1O. The molecule has 1 atom stereocenters. The van der Waals surface area contributed by atoms with Crippen LogP contribution in [0, 0.1) is 0 Å². The lowest BCUT2D eigenvalue weighted by atomic mass is 10.1. The number of pyridine rings is 1. The minimum absolute atomic E-state index is 0.103. The maximum atomic E-state index is 12.6. The van der Waals surface area contributed by atoms with Gasteiger partial charge in [-0.05, 0) is 23.3 Å². The molecule has 0 radical (unpaired) electrons. The summed E-state index contributed by atoms with van der Waals surface area (Å²) < 4.78 is 15.6. The molecule has 166 valence electrons. The fraction of sp³-hybridized carbons (Fsp3) is 0.208. The van der Waals surface area contributed by atoms with Crippen molar-refractivity contribution < 1.29 is 28.9 Å². The molecule has 0 aliphatic rings. The molecule has 8 heteroatoms. The summed E-state index contributed by atoms with van der Waals surface area (Å²) in [5.74, 6) is -0.964. The normalized spacial score (nSPS) is 11.3. The average molecular weight is 436 g/mol. The van der Waals surface area contributed by atoms with Crippen molar-refractivity contribution in [1.29, 1.82) is 0 Å². The van der Waals surface area contributed by atoms with E-state index >= 15 is 0 Å². The number of carbonyl (C=O) groups excluding carboxylic acids is 2. The summed E-state index contributed by atoms with van der Waals surface area (Å²) in [5.41, 5.74) is 1.60. The maximum Gasteiger partial charge on any atom is 0.328 e. The van der Waals surface area contributed by atoms with Gasteiger partial charge >= 0.3 is 5.97 Å². The number of rotatable bonds is 9. The van der Waals surface area contributed by atoms with Gasteiger partial charge in [0.05, 0.1) is 14.2 Å². The molecule has 2 N–H and O–H groups in total. The van der Waals surface area contributed by atoms with E-state index in [1.165, 1.54) is 26.5 Å². The van der Waals surface area contributed by atoms with Gasteiger partial charge < -0.3 is 24.6 Å². The lowest BCUT2D eigenvalue weighted by Gasteiger charge is -2.17. The highest BCUT2D eigenvalue weighted by molar-refractivity contribution is 5.98. The van der Waals surface area contributed by atoms with Crippen LogP contribution in [-0.4, -0.2) is 42.2 Å². The Labute approximate surface area is 185 Å². The van der Waals surface area contributed by atoms with Gasteiger partial charge in [-0.2, -0.15) is 0 Å². The van der Waals surface area contributed by atoms with Crippen LogP contribution in [-0.2, 0) is 22.6 Å². The van der Waals surface area contributed by atoms with Gasteiger partial charge in [-0.25, -0.2) is 9.78 Å². The lowest BCUT2D eigenvalue weighted by molar-refractivity contribution is -0.142. The second-order valence-electron chi connectivity index (χ2n) is 6.88. The predicted octanol–water partition coefficient (Wildman–Crippen LogP) is 2.89. The van der Waals surface area contributed by atoms with Crippen molar-refractivity contribution in [3.05, 3.63) is 83.7 Å². The summed E-state index contributed by atoms with van der Waals surface area (Å²) in [5, 5.41) is 12.7. The molecule has 0 aliphatic carbocycles. The standard InChI is InChI=1S/C24H24N2O6/c1-30-20-12-13-25-21(22(20)27)23(28)26-19(24(29)31-2)14-16-8-10-18(11-9-16)32-15-17-6-4-3-5-7-17/h3-13,19,27H,14-15H2,1-2H3,(H,26,28)/t19-/m1/s1. The second kappa shape index (κ2) is 10.8. The first-order chi connectivity index (χ1) is 15.5. The molecular weight excluding hydrogens is 412 g/mol. The smallest absolute Gasteiger partial charge is 0.328 e. The molecular formula is C24H24N2O6. The van der Waals surface area contributed by atoms with E-state index in [9.17, 15) is 14.7 Å². The number of hydrogen-bond acceptors (Lipinski definition) is 7. The van der Waals surface area contributed by atoms with Crippen LogP contribution in [0.15, 0.2) is 66.9 Å². The van der Waals surface area contributed by atoms with Crippen molar-refractivity contribution in [2.24, 2.45) is 0 Å². The van der Waals surface area contributed by atoms with Gasteiger partial charge in [0.25, 0.3) is 5.91 Å². The number of hydrogen-bond donors (Lipinski definition) is 2.